The molecule has 0 radical (unpaired) electrons. The van der Waals surface area contributed by atoms with Crippen LogP contribution >= 0.6 is 11.3 Å². The Morgan fingerprint density at radius 3 is 2.11 bits per heavy atom. The van der Waals surface area contributed by atoms with Crippen LogP contribution in [0, 0.1) is 0 Å². The van der Waals surface area contributed by atoms with Gasteiger partial charge in [-0.05, 0) is 85.4 Å². The summed E-state index contributed by atoms with van der Waals surface area (Å²) in [6.45, 7) is 8.97. The summed E-state index contributed by atoms with van der Waals surface area (Å²) in [6, 6.07) is 22.4. The number of hydrogen-bond donors (Lipinski definition) is 0. The van der Waals surface area contributed by atoms with Gasteiger partial charge in [0.1, 0.15) is 30.5 Å². The number of methoxy groups -OCH3 is 1. The second kappa shape index (κ2) is 14.4. The van der Waals surface area contributed by atoms with Crippen LogP contribution < -0.4 is 29.1 Å². The quantitative estimate of drug-likeness (QED) is 0.146. The maximum Gasteiger partial charge on any atom is 0.338 e. The Morgan fingerprint density at radius 1 is 0.933 bits per heavy atom. The molecule has 0 unspecified atom stereocenters. The Hall–Kier alpha value is -4.63. The maximum atomic E-state index is 13.8. The molecule has 1 aromatic heterocycles. The van der Waals surface area contributed by atoms with Gasteiger partial charge in [0.25, 0.3) is 5.56 Å². The number of ether oxygens (including phenoxy) is 4. The first-order valence-corrected chi connectivity index (χ1v) is 15.9. The van der Waals surface area contributed by atoms with Crippen molar-refractivity contribution < 1.29 is 23.7 Å². The number of benzene rings is 3. The number of nitrogens with zero attached hydrogens (tertiary/aromatic N) is 2. The Balaban J connectivity index is 1.32. The predicted octanol–water partition coefficient (Wildman–Crippen LogP) is 5.78. The topological polar surface area (TPSA) is 88.4 Å². The van der Waals surface area contributed by atoms with Gasteiger partial charge in [0.2, 0.25) is 0 Å². The predicted molar refractivity (Wildman–Crippen MR) is 176 cm³/mol. The Labute approximate surface area is 266 Å². The smallest absolute Gasteiger partial charge is 0.338 e. The summed E-state index contributed by atoms with van der Waals surface area (Å²) in [4.78, 5) is 32.1. The maximum absolute atomic E-state index is 13.8. The molecule has 0 spiro atoms. The van der Waals surface area contributed by atoms with Crippen LogP contribution in [0.25, 0.3) is 6.08 Å². The van der Waals surface area contributed by atoms with Gasteiger partial charge in [-0.15, -0.1) is 0 Å². The lowest BCUT2D eigenvalue weighted by molar-refractivity contribution is -0.139. The summed E-state index contributed by atoms with van der Waals surface area (Å²) in [5.74, 6) is 2.24. The molecule has 0 saturated carbocycles. The molecule has 0 fully saturated rings. The largest absolute Gasteiger partial charge is 0.497 e. The molecule has 2 atom stereocenters. The summed E-state index contributed by atoms with van der Waals surface area (Å²) in [5.41, 5.74) is 3.54. The van der Waals surface area contributed by atoms with Gasteiger partial charge in [-0.3, -0.25) is 9.36 Å². The van der Waals surface area contributed by atoms with Crippen LogP contribution in [0.15, 0.2) is 93.9 Å². The Kier molecular flexibility index (Phi) is 10.2. The standard InChI is InChI=1S/C36H38N2O6S/c1-6-23(3)26-10-18-30(19-11-26)44-21-20-43-29-14-8-25(9-15-29)22-31-34(39)38-33(27-12-16-28(41-5)17-13-27)32(35(40)42-7-2)24(4)37-36(38)45-31/h8-19,22-23,33H,6-7,20-21H2,1-5H3/b31-22-/t23-,33+/m1/s1. The SMILES string of the molecule is CCOC(=O)C1=C(C)N=c2s/c(=C\c3ccc(OCCOc4ccc([C@H](C)CC)cc4)cc3)c(=O)n2[C@H]1c1ccc(OC)cc1. The minimum Gasteiger partial charge on any atom is -0.497 e. The van der Waals surface area contributed by atoms with Crippen LogP contribution in [0.4, 0.5) is 0 Å². The van der Waals surface area contributed by atoms with Crippen molar-refractivity contribution in [1.82, 2.24) is 4.57 Å². The summed E-state index contributed by atoms with van der Waals surface area (Å²) in [6.07, 6.45) is 2.93. The monoisotopic (exact) mass is 626 g/mol. The van der Waals surface area contributed by atoms with Crippen LogP contribution in [0.3, 0.4) is 0 Å². The van der Waals surface area contributed by atoms with Crippen molar-refractivity contribution >= 4 is 23.4 Å². The number of esters is 1. The van der Waals surface area contributed by atoms with Crippen molar-refractivity contribution in [1.29, 1.82) is 0 Å². The van der Waals surface area contributed by atoms with Crippen LogP contribution in [0.2, 0.25) is 0 Å². The Morgan fingerprint density at radius 2 is 1.53 bits per heavy atom. The molecule has 9 heteroatoms. The number of hydrogen-bond acceptors (Lipinski definition) is 8. The van der Waals surface area contributed by atoms with Crippen molar-refractivity contribution in [3.8, 4) is 17.2 Å². The number of rotatable bonds is 12. The molecular formula is C36H38N2O6S. The van der Waals surface area contributed by atoms with Crippen LogP contribution in [0.5, 0.6) is 17.2 Å². The van der Waals surface area contributed by atoms with E-state index in [-0.39, 0.29) is 12.2 Å². The minimum absolute atomic E-state index is 0.217. The van der Waals surface area contributed by atoms with Crippen molar-refractivity contribution in [3.05, 3.63) is 120 Å². The van der Waals surface area contributed by atoms with Gasteiger partial charge in [-0.2, -0.15) is 0 Å². The van der Waals surface area contributed by atoms with E-state index in [1.807, 2.05) is 66.7 Å². The van der Waals surface area contributed by atoms with Gasteiger partial charge in [0.15, 0.2) is 4.80 Å². The van der Waals surface area contributed by atoms with E-state index in [1.54, 1.807) is 25.5 Å². The molecule has 45 heavy (non-hydrogen) atoms. The van der Waals surface area contributed by atoms with E-state index >= 15 is 0 Å². The Bertz CT molecular complexity index is 1840. The van der Waals surface area contributed by atoms with E-state index in [1.165, 1.54) is 16.9 Å². The fourth-order valence-electron chi connectivity index (χ4n) is 5.15. The van der Waals surface area contributed by atoms with Crippen LogP contribution in [-0.2, 0) is 9.53 Å². The third-order valence-corrected chi connectivity index (χ3v) is 8.79. The molecule has 3 aromatic carbocycles. The van der Waals surface area contributed by atoms with E-state index in [0.717, 1.165) is 23.3 Å². The lowest BCUT2D eigenvalue weighted by Gasteiger charge is -2.24. The fourth-order valence-corrected chi connectivity index (χ4v) is 6.20. The van der Waals surface area contributed by atoms with Gasteiger partial charge in [0.05, 0.1) is 35.6 Å². The second-order valence-electron chi connectivity index (χ2n) is 10.7. The normalized spacial score (nSPS) is 15.2. The van der Waals surface area contributed by atoms with E-state index < -0.39 is 12.0 Å². The third-order valence-electron chi connectivity index (χ3n) is 7.81. The molecule has 0 amide bonds. The molecule has 0 N–H and O–H groups in total. The highest BCUT2D eigenvalue weighted by atomic mass is 32.1. The molecule has 0 bridgehead atoms. The first kappa shape index (κ1) is 31.8. The third kappa shape index (κ3) is 7.20. The van der Waals surface area contributed by atoms with Crippen molar-refractivity contribution in [2.75, 3.05) is 26.9 Å². The average molecular weight is 627 g/mol. The fraction of sp³-hybridized carbons (Fsp3) is 0.306. The summed E-state index contributed by atoms with van der Waals surface area (Å²) >= 11 is 1.29. The highest BCUT2D eigenvalue weighted by Gasteiger charge is 2.33. The molecule has 5 rings (SSSR count). The van der Waals surface area contributed by atoms with Crippen LogP contribution in [0.1, 0.15) is 62.8 Å². The molecule has 1 aliphatic rings. The number of fused-ring (bicyclic) bond motifs is 1. The van der Waals surface area contributed by atoms with E-state index in [4.69, 9.17) is 18.9 Å². The first-order valence-electron chi connectivity index (χ1n) is 15.1. The molecule has 8 nitrogen and oxygen atoms in total. The molecule has 1 aliphatic heterocycles. The second-order valence-corrected chi connectivity index (χ2v) is 11.7. The van der Waals surface area contributed by atoms with E-state index in [2.05, 4.69) is 31.0 Å². The van der Waals surface area contributed by atoms with Crippen molar-refractivity contribution in [3.63, 3.8) is 0 Å². The molecular weight excluding hydrogens is 588 g/mol. The average Bonchev–Trinajstić information content (AvgIpc) is 3.36. The van der Waals surface area contributed by atoms with Gasteiger partial charge in [0, 0.05) is 0 Å². The summed E-state index contributed by atoms with van der Waals surface area (Å²) in [7, 11) is 1.59. The number of carbonyl (C=O) groups excluding carboxylic acids is 1. The van der Waals surface area contributed by atoms with E-state index in [0.29, 0.717) is 51.2 Å². The highest BCUT2D eigenvalue weighted by Crippen LogP contribution is 2.31. The zero-order chi connectivity index (χ0) is 31.9. The molecule has 234 valence electrons. The summed E-state index contributed by atoms with van der Waals surface area (Å²) in [5, 5.41) is 0. The highest BCUT2D eigenvalue weighted by molar-refractivity contribution is 7.07. The zero-order valence-corrected chi connectivity index (χ0v) is 27.1. The van der Waals surface area contributed by atoms with Gasteiger partial charge in [-0.25, -0.2) is 9.79 Å². The van der Waals surface area contributed by atoms with Gasteiger partial charge < -0.3 is 18.9 Å². The van der Waals surface area contributed by atoms with Gasteiger partial charge in [-0.1, -0.05) is 61.6 Å². The molecule has 2 heterocycles. The molecule has 0 saturated heterocycles. The summed E-state index contributed by atoms with van der Waals surface area (Å²) < 4.78 is 24.5. The van der Waals surface area contributed by atoms with Crippen molar-refractivity contribution in [2.24, 2.45) is 4.99 Å². The lowest BCUT2D eigenvalue weighted by Crippen LogP contribution is -2.39. The lowest BCUT2D eigenvalue weighted by atomic mass is 9.96. The van der Waals surface area contributed by atoms with Crippen LogP contribution in [-0.4, -0.2) is 37.5 Å². The van der Waals surface area contributed by atoms with E-state index in [9.17, 15) is 9.59 Å². The first-order chi connectivity index (χ1) is 21.8. The molecule has 0 aliphatic carbocycles. The number of thiazole rings is 1. The van der Waals surface area contributed by atoms with Crippen molar-refractivity contribution in [2.45, 2.75) is 46.1 Å². The number of carbonyl (C=O) groups is 1. The minimum atomic E-state index is -0.677. The molecule has 4 aromatic rings. The van der Waals surface area contributed by atoms with Gasteiger partial charge >= 0.3 is 5.97 Å². The zero-order valence-electron chi connectivity index (χ0n) is 26.2. The number of aromatic nitrogens is 1. The number of allylic oxidation sites excluding steroid dienone is 1.